The Morgan fingerprint density at radius 1 is 1.12 bits per heavy atom. The first-order valence-electron chi connectivity index (χ1n) is 7.61. The lowest BCUT2D eigenvalue weighted by atomic mass is 9.83. The highest BCUT2D eigenvalue weighted by Gasteiger charge is 2.30. The number of nitro groups is 1. The molecule has 130 valence electrons. The predicted octanol–water partition coefficient (Wildman–Crippen LogP) is 3.45. The highest BCUT2D eigenvalue weighted by atomic mass is 16.6. The lowest BCUT2D eigenvalue weighted by Gasteiger charge is -2.24. The number of benzene rings is 2. The lowest BCUT2D eigenvalue weighted by Crippen LogP contribution is -2.19. The Balaban J connectivity index is 2.43. The first kappa shape index (κ1) is 18.4. The molecular formula is C19H19NO5. The zero-order chi connectivity index (χ0) is 18.6. The molecule has 0 amide bonds. The number of aliphatic hydroxyl groups is 1. The fourth-order valence-corrected chi connectivity index (χ4v) is 2.59. The molecular weight excluding hydrogens is 322 g/mol. The maximum atomic E-state index is 12.0. The molecule has 25 heavy (non-hydrogen) atoms. The predicted molar refractivity (Wildman–Crippen MR) is 93.1 cm³/mol. The van der Waals surface area contributed by atoms with Crippen LogP contribution in [0, 0.1) is 17.0 Å². The van der Waals surface area contributed by atoms with Crippen molar-refractivity contribution in [2.75, 3.05) is 7.11 Å². The second kappa shape index (κ2) is 7.72. The summed E-state index contributed by atoms with van der Waals surface area (Å²) in [6.07, 6.45) is -1.10. The molecule has 0 unspecified atom stereocenters. The number of aryl methyl sites for hydroxylation is 1. The van der Waals surface area contributed by atoms with E-state index in [9.17, 15) is 20.0 Å². The third-order valence-corrected chi connectivity index (χ3v) is 4.02. The van der Waals surface area contributed by atoms with Crippen molar-refractivity contribution in [2.45, 2.75) is 18.9 Å². The Morgan fingerprint density at radius 2 is 1.64 bits per heavy atom. The van der Waals surface area contributed by atoms with Gasteiger partial charge in [-0.1, -0.05) is 36.4 Å². The average Bonchev–Trinajstić information content (AvgIpc) is 2.62. The molecule has 0 fully saturated rings. The molecule has 0 aliphatic heterocycles. The van der Waals surface area contributed by atoms with Gasteiger partial charge in [-0.05, 0) is 30.2 Å². The normalized spacial score (nSPS) is 12.9. The van der Waals surface area contributed by atoms with E-state index in [-0.39, 0.29) is 11.3 Å². The van der Waals surface area contributed by atoms with Gasteiger partial charge in [0.05, 0.1) is 18.1 Å². The quantitative estimate of drug-likeness (QED) is 0.376. The van der Waals surface area contributed by atoms with Gasteiger partial charge in [0.1, 0.15) is 0 Å². The molecule has 2 rings (SSSR count). The van der Waals surface area contributed by atoms with Crippen LogP contribution in [-0.4, -0.2) is 23.1 Å². The monoisotopic (exact) mass is 341 g/mol. The van der Waals surface area contributed by atoms with Gasteiger partial charge in [0.2, 0.25) is 0 Å². The van der Waals surface area contributed by atoms with Crippen molar-refractivity contribution in [2.24, 2.45) is 0 Å². The molecule has 2 atom stereocenters. The summed E-state index contributed by atoms with van der Waals surface area (Å²) in [5, 5.41) is 21.6. The molecule has 6 nitrogen and oxygen atoms in total. The van der Waals surface area contributed by atoms with E-state index in [0.717, 1.165) is 5.56 Å². The van der Waals surface area contributed by atoms with Crippen LogP contribution in [0.2, 0.25) is 0 Å². The third-order valence-electron chi connectivity index (χ3n) is 4.02. The van der Waals surface area contributed by atoms with Gasteiger partial charge in [-0.15, -0.1) is 0 Å². The summed E-state index contributed by atoms with van der Waals surface area (Å²) in [6, 6.07) is 12.9. The van der Waals surface area contributed by atoms with E-state index in [1.807, 2.05) is 31.2 Å². The Bertz CT molecular complexity index is 780. The number of esters is 1. The van der Waals surface area contributed by atoms with Crippen LogP contribution in [0.3, 0.4) is 0 Å². The first-order valence-corrected chi connectivity index (χ1v) is 7.61. The summed E-state index contributed by atoms with van der Waals surface area (Å²) < 4.78 is 4.74. The zero-order valence-electron chi connectivity index (χ0n) is 14.0. The summed E-state index contributed by atoms with van der Waals surface area (Å²) in [5.41, 5.74) is 2.22. The van der Waals surface area contributed by atoms with Crippen LogP contribution in [0.4, 0.5) is 5.69 Å². The van der Waals surface area contributed by atoms with E-state index in [0.29, 0.717) is 11.1 Å². The minimum absolute atomic E-state index is 0.0744. The maximum absolute atomic E-state index is 12.0. The number of aliphatic hydroxyl groups excluding tert-OH is 1. The van der Waals surface area contributed by atoms with Crippen molar-refractivity contribution >= 4 is 11.7 Å². The third kappa shape index (κ3) is 4.10. The number of carbonyl (C=O) groups is 1. The van der Waals surface area contributed by atoms with Crippen molar-refractivity contribution in [3.8, 4) is 0 Å². The molecule has 1 N–H and O–H groups in total. The van der Waals surface area contributed by atoms with Crippen LogP contribution in [0.5, 0.6) is 0 Å². The van der Waals surface area contributed by atoms with Gasteiger partial charge in [-0.25, -0.2) is 4.79 Å². The van der Waals surface area contributed by atoms with Gasteiger partial charge in [0.15, 0.2) is 0 Å². The molecule has 2 aromatic rings. The fourth-order valence-electron chi connectivity index (χ4n) is 2.59. The van der Waals surface area contributed by atoms with Crippen LogP contribution in [0.15, 0.2) is 60.7 Å². The summed E-state index contributed by atoms with van der Waals surface area (Å²) in [5.74, 6) is -1.35. The molecule has 0 aliphatic carbocycles. The zero-order valence-corrected chi connectivity index (χ0v) is 14.0. The van der Waals surface area contributed by atoms with Crippen LogP contribution >= 0.6 is 0 Å². The molecule has 2 aromatic carbocycles. The number of ether oxygens (including phenoxy) is 1. The average molecular weight is 341 g/mol. The second-order valence-corrected chi connectivity index (χ2v) is 5.70. The number of methoxy groups -OCH3 is 1. The summed E-state index contributed by atoms with van der Waals surface area (Å²) in [4.78, 5) is 22.2. The Labute approximate surface area is 145 Å². The summed E-state index contributed by atoms with van der Waals surface area (Å²) >= 11 is 0. The molecule has 0 radical (unpaired) electrons. The van der Waals surface area contributed by atoms with Crippen molar-refractivity contribution in [3.63, 3.8) is 0 Å². The molecule has 0 bridgehead atoms. The Morgan fingerprint density at radius 3 is 2.12 bits per heavy atom. The topological polar surface area (TPSA) is 89.7 Å². The van der Waals surface area contributed by atoms with Crippen LogP contribution in [0.25, 0.3) is 0 Å². The Kier molecular flexibility index (Phi) is 5.67. The molecule has 0 spiro atoms. The fraction of sp³-hybridized carbons (Fsp3) is 0.211. The number of carbonyl (C=O) groups excluding carboxylic acids is 1. The van der Waals surface area contributed by atoms with E-state index in [4.69, 9.17) is 4.74 Å². The number of hydrogen-bond acceptors (Lipinski definition) is 5. The van der Waals surface area contributed by atoms with Crippen molar-refractivity contribution in [1.82, 2.24) is 0 Å². The second-order valence-electron chi connectivity index (χ2n) is 5.70. The number of rotatable bonds is 6. The van der Waals surface area contributed by atoms with Crippen LogP contribution in [0.1, 0.15) is 28.7 Å². The van der Waals surface area contributed by atoms with E-state index in [1.54, 1.807) is 0 Å². The van der Waals surface area contributed by atoms with Crippen LogP contribution < -0.4 is 0 Å². The molecule has 0 aliphatic rings. The highest BCUT2D eigenvalue weighted by molar-refractivity contribution is 5.89. The van der Waals surface area contributed by atoms with Crippen LogP contribution in [-0.2, 0) is 9.53 Å². The van der Waals surface area contributed by atoms with E-state index < -0.39 is 22.9 Å². The standard InChI is InChI=1S/C19H19NO5/c1-12-4-6-14(7-5-12)17(13(2)19(22)25-3)18(21)15-8-10-16(11-9-15)20(23)24/h4-11,17-18,21H,2H2,1,3H3/t17-,18+/m0/s1. The van der Waals surface area contributed by atoms with Gasteiger partial charge in [-0.2, -0.15) is 0 Å². The molecule has 0 saturated carbocycles. The molecule has 0 saturated heterocycles. The Hall–Kier alpha value is -2.99. The minimum atomic E-state index is -1.10. The summed E-state index contributed by atoms with van der Waals surface area (Å²) in [6.45, 7) is 5.71. The summed E-state index contributed by atoms with van der Waals surface area (Å²) in [7, 11) is 1.25. The number of non-ortho nitro benzene ring substituents is 1. The lowest BCUT2D eigenvalue weighted by molar-refractivity contribution is -0.384. The smallest absolute Gasteiger partial charge is 0.333 e. The molecule has 0 aromatic heterocycles. The number of nitro benzene ring substituents is 1. The maximum Gasteiger partial charge on any atom is 0.333 e. The van der Waals surface area contributed by atoms with Gasteiger partial charge in [-0.3, -0.25) is 10.1 Å². The number of hydrogen-bond donors (Lipinski definition) is 1. The van der Waals surface area contributed by atoms with E-state index in [2.05, 4.69) is 6.58 Å². The first-order chi connectivity index (χ1) is 11.8. The van der Waals surface area contributed by atoms with Gasteiger partial charge in [0, 0.05) is 23.6 Å². The van der Waals surface area contributed by atoms with Gasteiger partial charge >= 0.3 is 5.97 Å². The molecule has 0 heterocycles. The number of nitrogens with zero attached hydrogens (tertiary/aromatic N) is 1. The largest absolute Gasteiger partial charge is 0.466 e. The van der Waals surface area contributed by atoms with Crippen molar-refractivity contribution < 1.29 is 19.6 Å². The van der Waals surface area contributed by atoms with Crippen molar-refractivity contribution in [3.05, 3.63) is 87.5 Å². The molecule has 6 heteroatoms. The van der Waals surface area contributed by atoms with E-state index in [1.165, 1.54) is 31.4 Å². The highest BCUT2D eigenvalue weighted by Crippen LogP contribution is 2.37. The van der Waals surface area contributed by atoms with Gasteiger partial charge < -0.3 is 9.84 Å². The van der Waals surface area contributed by atoms with E-state index >= 15 is 0 Å². The van der Waals surface area contributed by atoms with Gasteiger partial charge in [0.25, 0.3) is 5.69 Å². The van der Waals surface area contributed by atoms with Crippen molar-refractivity contribution in [1.29, 1.82) is 0 Å². The minimum Gasteiger partial charge on any atom is -0.466 e. The SMILES string of the molecule is C=C(C(=O)OC)[C@@H](c1ccc(C)cc1)[C@H](O)c1ccc([N+](=O)[O-])cc1.